The number of hydrogen-bond acceptors (Lipinski definition) is 6. The topological polar surface area (TPSA) is 145 Å². The molecule has 1 aliphatic heterocycles. The Balaban J connectivity index is 2.35. The number of carbonyl (C=O) groups excluding carboxylic acids is 4. The second-order valence-corrected chi connectivity index (χ2v) is 14.1. The molecule has 2 fully saturated rings. The van der Waals surface area contributed by atoms with Gasteiger partial charge in [0.15, 0.2) is 0 Å². The normalized spacial score (nSPS) is 23.7. The van der Waals surface area contributed by atoms with Gasteiger partial charge < -0.3 is 15.5 Å². The van der Waals surface area contributed by atoms with E-state index in [4.69, 9.17) is 0 Å². The number of ketones is 1. The molecule has 2 rings (SSSR count). The summed E-state index contributed by atoms with van der Waals surface area (Å²) < 4.78 is 28.8. The van der Waals surface area contributed by atoms with E-state index < -0.39 is 57.3 Å². The SMILES string of the molecule is C=CCCC(NC(=O)[C@@H]1[C@@H]2[C@H](CN1C(=O)[C@@H](NS(=O)(=O)N(C)C)C(C)(C)C)C2(C)C)C(=O)C(=O)NCC=CC. The molecule has 220 valence electrons. The highest BCUT2D eigenvalue weighted by atomic mass is 32.2. The molecule has 0 aromatic rings. The lowest BCUT2D eigenvalue weighted by Gasteiger charge is -2.38. The summed E-state index contributed by atoms with van der Waals surface area (Å²) in [6.45, 7) is 15.2. The first kappa shape index (κ1) is 32.6. The molecule has 12 heteroatoms. The van der Waals surface area contributed by atoms with Crippen molar-refractivity contribution in [3.05, 3.63) is 24.8 Å². The number of nitrogens with one attached hydrogen (secondary N) is 3. The van der Waals surface area contributed by atoms with E-state index in [9.17, 15) is 27.6 Å². The van der Waals surface area contributed by atoms with E-state index in [-0.39, 0.29) is 30.2 Å². The van der Waals surface area contributed by atoms with Gasteiger partial charge in [0.1, 0.15) is 12.1 Å². The van der Waals surface area contributed by atoms with Gasteiger partial charge in [-0.2, -0.15) is 17.4 Å². The summed E-state index contributed by atoms with van der Waals surface area (Å²) in [5, 5.41) is 5.25. The molecule has 11 nitrogen and oxygen atoms in total. The van der Waals surface area contributed by atoms with Gasteiger partial charge >= 0.3 is 0 Å². The lowest BCUT2D eigenvalue weighted by Crippen LogP contribution is -2.61. The number of amides is 3. The Hall–Kier alpha value is -2.57. The van der Waals surface area contributed by atoms with Crippen molar-refractivity contribution in [3.63, 3.8) is 0 Å². The number of allylic oxidation sites excluding steroid dienone is 2. The molecule has 1 saturated heterocycles. The number of piperidine rings is 1. The summed E-state index contributed by atoms with van der Waals surface area (Å²) >= 11 is 0. The van der Waals surface area contributed by atoms with Crippen LogP contribution in [0.2, 0.25) is 0 Å². The van der Waals surface area contributed by atoms with Crippen molar-refractivity contribution < 1.29 is 27.6 Å². The Morgan fingerprint density at radius 2 is 1.79 bits per heavy atom. The molecule has 0 bridgehead atoms. The van der Waals surface area contributed by atoms with Crippen LogP contribution in [0.1, 0.15) is 54.4 Å². The maximum Gasteiger partial charge on any atom is 0.289 e. The van der Waals surface area contributed by atoms with E-state index in [1.54, 1.807) is 45.9 Å². The summed E-state index contributed by atoms with van der Waals surface area (Å²) in [5.41, 5.74) is -0.999. The van der Waals surface area contributed by atoms with Gasteiger partial charge in [-0.05, 0) is 42.4 Å². The molecule has 0 radical (unpaired) electrons. The summed E-state index contributed by atoms with van der Waals surface area (Å²) in [7, 11) is -1.21. The molecule has 3 amide bonds. The molecule has 0 aromatic heterocycles. The zero-order chi connectivity index (χ0) is 29.9. The number of likely N-dealkylation sites (tertiary alicyclic amines) is 1. The van der Waals surface area contributed by atoms with Crippen molar-refractivity contribution in [2.75, 3.05) is 27.2 Å². The molecule has 3 N–H and O–H groups in total. The summed E-state index contributed by atoms with van der Waals surface area (Å²) in [4.78, 5) is 54.5. The Morgan fingerprint density at radius 3 is 2.31 bits per heavy atom. The molecule has 5 atom stereocenters. The third-order valence-corrected chi connectivity index (χ3v) is 9.25. The third kappa shape index (κ3) is 7.34. The molecule has 1 saturated carbocycles. The zero-order valence-corrected chi connectivity index (χ0v) is 25.2. The Labute approximate surface area is 233 Å². The molecule has 39 heavy (non-hydrogen) atoms. The van der Waals surface area contributed by atoms with Gasteiger partial charge in [-0.25, -0.2) is 0 Å². The van der Waals surface area contributed by atoms with Crippen LogP contribution in [0.25, 0.3) is 0 Å². The predicted octanol–water partition coefficient (Wildman–Crippen LogP) is 0.993. The van der Waals surface area contributed by atoms with Crippen LogP contribution in [0.5, 0.6) is 0 Å². The molecule has 1 aliphatic carbocycles. The van der Waals surface area contributed by atoms with Crippen molar-refractivity contribution in [2.45, 2.75) is 72.5 Å². The molecule has 1 heterocycles. The van der Waals surface area contributed by atoms with Crippen LogP contribution < -0.4 is 15.4 Å². The van der Waals surface area contributed by atoms with Crippen LogP contribution in [-0.2, 0) is 29.4 Å². The lowest BCUT2D eigenvalue weighted by atomic mass is 9.86. The fourth-order valence-electron chi connectivity index (χ4n) is 5.16. The number of nitrogens with zero attached hydrogens (tertiary/aromatic N) is 2. The third-order valence-electron chi connectivity index (χ3n) is 7.75. The second-order valence-electron chi connectivity index (χ2n) is 12.2. The van der Waals surface area contributed by atoms with Crippen molar-refractivity contribution in [1.29, 1.82) is 0 Å². The first-order chi connectivity index (χ1) is 17.9. The Kier molecular flexibility index (Phi) is 10.3. The van der Waals surface area contributed by atoms with Crippen molar-refractivity contribution in [3.8, 4) is 0 Å². The number of carbonyl (C=O) groups is 4. The monoisotopic (exact) mass is 567 g/mol. The van der Waals surface area contributed by atoms with Crippen molar-refractivity contribution >= 4 is 33.7 Å². The van der Waals surface area contributed by atoms with E-state index in [2.05, 4.69) is 21.9 Å². The van der Waals surface area contributed by atoms with Crippen LogP contribution >= 0.6 is 0 Å². The van der Waals surface area contributed by atoms with Crippen LogP contribution in [0, 0.1) is 22.7 Å². The number of fused-ring (bicyclic) bond motifs is 1. The molecule has 0 spiro atoms. The summed E-state index contributed by atoms with van der Waals surface area (Å²) in [6, 6.07) is -3.13. The Morgan fingerprint density at radius 1 is 1.18 bits per heavy atom. The fourth-order valence-corrected chi connectivity index (χ4v) is 6.12. The zero-order valence-electron chi connectivity index (χ0n) is 24.4. The number of hydrogen-bond donors (Lipinski definition) is 3. The smallest absolute Gasteiger partial charge is 0.289 e. The largest absolute Gasteiger partial charge is 0.346 e. The van der Waals surface area contributed by atoms with Gasteiger partial charge in [0.2, 0.25) is 17.6 Å². The average molecular weight is 568 g/mol. The molecule has 2 aliphatic rings. The van der Waals surface area contributed by atoms with Crippen LogP contribution in [0.15, 0.2) is 24.8 Å². The highest BCUT2D eigenvalue weighted by Crippen LogP contribution is 2.65. The fraction of sp³-hybridized carbons (Fsp3) is 0.704. The molecule has 1 unspecified atom stereocenters. The van der Waals surface area contributed by atoms with Gasteiger partial charge in [-0.3, -0.25) is 19.2 Å². The van der Waals surface area contributed by atoms with Crippen LogP contribution in [-0.4, -0.2) is 86.4 Å². The van der Waals surface area contributed by atoms with E-state index in [0.717, 1.165) is 4.31 Å². The minimum atomic E-state index is -3.95. The van der Waals surface area contributed by atoms with Gasteiger partial charge in [-0.1, -0.05) is 52.8 Å². The number of rotatable bonds is 13. The molecule has 0 aromatic carbocycles. The first-order valence-electron chi connectivity index (χ1n) is 13.3. The van der Waals surface area contributed by atoms with Gasteiger partial charge in [0.05, 0.1) is 6.04 Å². The molecular weight excluding hydrogens is 522 g/mol. The molecular formula is C27H45N5O6S. The van der Waals surface area contributed by atoms with E-state index in [0.29, 0.717) is 13.0 Å². The standard InChI is InChI=1S/C27H45N5O6S/c1-10-12-14-18(21(33)24(35)28-15-13-11-2)29-23(34)20-19-17(27(19,6)7)16-32(20)25(36)22(26(3,4)5)30-39(37,38)31(8)9/h10-11,13,17-20,22,30H,1,12,14-16H2,2-9H3,(H,28,35)(H,29,34)/t17-,18?,19-,20-,22+/m0/s1. The van der Waals surface area contributed by atoms with E-state index in [1.807, 2.05) is 13.8 Å². The highest BCUT2D eigenvalue weighted by Gasteiger charge is 2.70. The number of Topliss-reactive ketones (excluding diaryl/α,β-unsaturated/α-hetero) is 1. The van der Waals surface area contributed by atoms with E-state index >= 15 is 0 Å². The average Bonchev–Trinajstić information content (AvgIpc) is 3.17. The van der Waals surface area contributed by atoms with Gasteiger partial charge in [0, 0.05) is 27.2 Å². The maximum absolute atomic E-state index is 13.9. The minimum absolute atomic E-state index is 0.0507. The second kappa shape index (κ2) is 12.3. The first-order valence-corrected chi connectivity index (χ1v) is 14.7. The van der Waals surface area contributed by atoms with Crippen LogP contribution in [0.4, 0.5) is 0 Å². The lowest BCUT2D eigenvalue weighted by molar-refractivity contribution is -0.145. The predicted molar refractivity (Wildman–Crippen MR) is 149 cm³/mol. The van der Waals surface area contributed by atoms with Crippen molar-refractivity contribution in [2.24, 2.45) is 22.7 Å². The minimum Gasteiger partial charge on any atom is -0.346 e. The highest BCUT2D eigenvalue weighted by molar-refractivity contribution is 7.87. The maximum atomic E-state index is 13.9. The van der Waals surface area contributed by atoms with Gasteiger partial charge in [-0.15, -0.1) is 6.58 Å². The van der Waals surface area contributed by atoms with Crippen LogP contribution in [0.3, 0.4) is 0 Å². The Bertz CT molecular complexity index is 1110. The van der Waals surface area contributed by atoms with E-state index in [1.165, 1.54) is 19.0 Å². The van der Waals surface area contributed by atoms with Crippen molar-refractivity contribution in [1.82, 2.24) is 24.6 Å². The van der Waals surface area contributed by atoms with Gasteiger partial charge in [0.25, 0.3) is 16.1 Å². The summed E-state index contributed by atoms with van der Waals surface area (Å²) in [6.07, 6.45) is 5.60. The summed E-state index contributed by atoms with van der Waals surface area (Å²) in [5.74, 6) is -2.73. The quantitative estimate of drug-likeness (QED) is 0.224.